The van der Waals surface area contributed by atoms with E-state index in [4.69, 9.17) is 11.5 Å². The van der Waals surface area contributed by atoms with Crippen LogP contribution < -0.4 is 11.5 Å². The fourth-order valence-electron chi connectivity index (χ4n) is 4.73. The van der Waals surface area contributed by atoms with Gasteiger partial charge in [-0.2, -0.15) is 0 Å². The van der Waals surface area contributed by atoms with Crippen LogP contribution in [0.15, 0.2) is 36.4 Å². The normalized spacial score (nSPS) is 11.7. The Morgan fingerprint density at radius 2 is 1.22 bits per heavy atom. The van der Waals surface area contributed by atoms with Crippen molar-refractivity contribution in [3.05, 3.63) is 58.7 Å². The maximum atomic E-state index is 6.44. The summed E-state index contributed by atoms with van der Waals surface area (Å²) in [6, 6.07) is 13.1. The monoisotopic (exact) mass is 366 g/mol. The summed E-state index contributed by atoms with van der Waals surface area (Å²) < 4.78 is 0. The van der Waals surface area contributed by atoms with Gasteiger partial charge in [-0.3, -0.25) is 0 Å². The number of benzene rings is 2. The highest BCUT2D eigenvalue weighted by Crippen LogP contribution is 2.44. The van der Waals surface area contributed by atoms with Gasteiger partial charge in [-0.15, -0.1) is 0 Å². The van der Waals surface area contributed by atoms with Crippen LogP contribution in [0.1, 0.15) is 88.5 Å². The SMILES string of the molecule is CCCc1c(N)ccc(C(CCC)(CCC)c2ccc(N)cc2)c1CCC. The fraction of sp³-hybridized carbons (Fsp3) is 0.520. The molecule has 0 fully saturated rings. The second-order valence-electron chi connectivity index (χ2n) is 7.86. The van der Waals surface area contributed by atoms with Crippen molar-refractivity contribution in [3.63, 3.8) is 0 Å². The lowest BCUT2D eigenvalue weighted by molar-refractivity contribution is 0.422. The standard InChI is InChI=1S/C25H38N2/c1-5-9-21-22(10-6-2)24(27)16-15-23(21)25(17-7-3,18-8-4)19-11-13-20(26)14-12-19/h11-16H,5-10,17-18,26-27H2,1-4H3. The van der Waals surface area contributed by atoms with E-state index in [1.807, 2.05) is 0 Å². The predicted octanol–water partition coefficient (Wildman–Crippen LogP) is 6.64. The summed E-state index contributed by atoms with van der Waals surface area (Å²) in [6.07, 6.45) is 9.04. The van der Waals surface area contributed by atoms with Crippen molar-refractivity contribution in [3.8, 4) is 0 Å². The van der Waals surface area contributed by atoms with Crippen LogP contribution in [-0.4, -0.2) is 0 Å². The van der Waals surface area contributed by atoms with Gasteiger partial charge in [-0.1, -0.05) is 71.6 Å². The molecule has 0 atom stereocenters. The Kier molecular flexibility index (Phi) is 7.77. The highest BCUT2D eigenvalue weighted by Gasteiger charge is 2.35. The third-order valence-electron chi connectivity index (χ3n) is 5.80. The number of hydrogen-bond donors (Lipinski definition) is 2. The molecule has 2 heteroatoms. The highest BCUT2D eigenvalue weighted by atomic mass is 14.6. The molecular formula is C25H38N2. The molecule has 148 valence electrons. The average molecular weight is 367 g/mol. The molecule has 2 aromatic rings. The van der Waals surface area contributed by atoms with Gasteiger partial charge in [0.25, 0.3) is 0 Å². The minimum Gasteiger partial charge on any atom is -0.399 e. The molecule has 0 unspecified atom stereocenters. The zero-order chi connectivity index (χ0) is 19.9. The molecular weight excluding hydrogens is 328 g/mol. The molecule has 0 bridgehead atoms. The maximum absolute atomic E-state index is 6.44. The van der Waals surface area contributed by atoms with Gasteiger partial charge < -0.3 is 11.5 Å². The van der Waals surface area contributed by atoms with Gasteiger partial charge in [0.2, 0.25) is 0 Å². The van der Waals surface area contributed by atoms with Gasteiger partial charge in [0.1, 0.15) is 0 Å². The first-order valence-electron chi connectivity index (χ1n) is 10.8. The fourth-order valence-corrected chi connectivity index (χ4v) is 4.73. The third kappa shape index (κ3) is 4.48. The molecule has 0 aliphatic carbocycles. The summed E-state index contributed by atoms with van der Waals surface area (Å²) in [5.41, 5.74) is 20.0. The van der Waals surface area contributed by atoms with Crippen LogP contribution in [0.4, 0.5) is 11.4 Å². The van der Waals surface area contributed by atoms with Crippen LogP contribution in [-0.2, 0) is 18.3 Å². The van der Waals surface area contributed by atoms with Gasteiger partial charge in [-0.25, -0.2) is 0 Å². The van der Waals surface area contributed by atoms with E-state index in [1.165, 1.54) is 22.3 Å². The maximum Gasteiger partial charge on any atom is 0.0349 e. The van der Waals surface area contributed by atoms with Gasteiger partial charge in [0, 0.05) is 16.8 Å². The number of anilines is 2. The van der Waals surface area contributed by atoms with E-state index in [0.29, 0.717) is 0 Å². The molecule has 0 aliphatic heterocycles. The first-order valence-corrected chi connectivity index (χ1v) is 10.8. The highest BCUT2D eigenvalue weighted by molar-refractivity contribution is 5.58. The Bertz CT molecular complexity index is 710. The number of hydrogen-bond acceptors (Lipinski definition) is 2. The molecule has 2 aromatic carbocycles. The predicted molar refractivity (Wildman–Crippen MR) is 120 cm³/mol. The molecule has 0 saturated heterocycles. The lowest BCUT2D eigenvalue weighted by Gasteiger charge is -2.38. The van der Waals surface area contributed by atoms with Crippen LogP contribution >= 0.6 is 0 Å². The van der Waals surface area contributed by atoms with Crippen molar-refractivity contribution in [1.29, 1.82) is 0 Å². The Hall–Kier alpha value is -1.96. The van der Waals surface area contributed by atoms with Crippen LogP contribution in [0.5, 0.6) is 0 Å². The van der Waals surface area contributed by atoms with Crippen LogP contribution in [0.3, 0.4) is 0 Å². The van der Waals surface area contributed by atoms with Gasteiger partial charge in [0.05, 0.1) is 0 Å². The van der Waals surface area contributed by atoms with Crippen molar-refractivity contribution in [2.75, 3.05) is 11.5 Å². The lowest BCUT2D eigenvalue weighted by atomic mass is 9.66. The van der Waals surface area contributed by atoms with Gasteiger partial charge in [-0.05, 0) is 66.1 Å². The first-order chi connectivity index (χ1) is 13.0. The zero-order valence-corrected chi connectivity index (χ0v) is 17.8. The quantitative estimate of drug-likeness (QED) is 0.463. The van der Waals surface area contributed by atoms with Gasteiger partial charge >= 0.3 is 0 Å². The minimum atomic E-state index is 0.0396. The molecule has 0 aliphatic rings. The summed E-state index contributed by atoms with van der Waals surface area (Å²) in [5.74, 6) is 0. The second kappa shape index (κ2) is 9.82. The molecule has 2 nitrogen and oxygen atoms in total. The Morgan fingerprint density at radius 1 is 0.667 bits per heavy atom. The van der Waals surface area contributed by atoms with Crippen molar-refractivity contribution < 1.29 is 0 Å². The van der Waals surface area contributed by atoms with Crippen LogP contribution in [0.25, 0.3) is 0 Å². The van der Waals surface area contributed by atoms with E-state index in [-0.39, 0.29) is 5.41 Å². The van der Waals surface area contributed by atoms with Crippen molar-refractivity contribution in [2.24, 2.45) is 0 Å². The van der Waals surface area contributed by atoms with E-state index >= 15 is 0 Å². The summed E-state index contributed by atoms with van der Waals surface area (Å²) in [4.78, 5) is 0. The van der Waals surface area contributed by atoms with Gasteiger partial charge in [0.15, 0.2) is 0 Å². The summed E-state index contributed by atoms with van der Waals surface area (Å²) in [6.45, 7) is 9.11. The number of nitrogens with two attached hydrogens (primary N) is 2. The molecule has 27 heavy (non-hydrogen) atoms. The Labute approximate surface area is 166 Å². The molecule has 0 heterocycles. The molecule has 0 saturated carbocycles. The van der Waals surface area contributed by atoms with E-state index in [9.17, 15) is 0 Å². The molecule has 0 radical (unpaired) electrons. The average Bonchev–Trinajstić information content (AvgIpc) is 2.65. The largest absolute Gasteiger partial charge is 0.399 e. The second-order valence-corrected chi connectivity index (χ2v) is 7.86. The van der Waals surface area contributed by atoms with Crippen molar-refractivity contribution >= 4 is 11.4 Å². The van der Waals surface area contributed by atoms with E-state index < -0.39 is 0 Å². The Morgan fingerprint density at radius 3 is 1.74 bits per heavy atom. The smallest absolute Gasteiger partial charge is 0.0349 e. The van der Waals surface area contributed by atoms with Crippen molar-refractivity contribution in [1.82, 2.24) is 0 Å². The van der Waals surface area contributed by atoms with Crippen molar-refractivity contribution in [2.45, 2.75) is 84.5 Å². The third-order valence-corrected chi connectivity index (χ3v) is 5.80. The zero-order valence-electron chi connectivity index (χ0n) is 17.8. The number of nitrogen functional groups attached to an aromatic ring is 2. The number of rotatable bonds is 10. The summed E-state index contributed by atoms with van der Waals surface area (Å²) in [5, 5.41) is 0. The molecule has 0 spiro atoms. The van der Waals surface area contributed by atoms with E-state index in [0.717, 1.165) is 62.7 Å². The van der Waals surface area contributed by atoms with Crippen LogP contribution in [0, 0.1) is 0 Å². The Balaban J connectivity index is 2.78. The molecule has 0 amide bonds. The van der Waals surface area contributed by atoms with E-state index in [2.05, 4.69) is 64.1 Å². The topological polar surface area (TPSA) is 52.0 Å². The van der Waals surface area contributed by atoms with Crippen LogP contribution in [0.2, 0.25) is 0 Å². The molecule has 0 aromatic heterocycles. The molecule has 4 N–H and O–H groups in total. The minimum absolute atomic E-state index is 0.0396. The summed E-state index contributed by atoms with van der Waals surface area (Å²) >= 11 is 0. The molecule has 2 rings (SSSR count). The first kappa shape index (κ1) is 21.3. The summed E-state index contributed by atoms with van der Waals surface area (Å²) in [7, 11) is 0. The lowest BCUT2D eigenvalue weighted by Crippen LogP contribution is -2.30. The van der Waals surface area contributed by atoms with E-state index in [1.54, 1.807) is 0 Å².